The number of aromatic hydroxyl groups is 2. The number of aryl methyl sites for hydroxylation is 2. The lowest BCUT2D eigenvalue weighted by atomic mass is 9.51. The second kappa shape index (κ2) is 13.4. The second-order valence-electron chi connectivity index (χ2n) is 15.4. The fourth-order valence-electron chi connectivity index (χ4n) is 9.84. The van der Waals surface area contributed by atoms with Crippen LogP contribution < -0.4 is 14.5 Å². The van der Waals surface area contributed by atoms with Gasteiger partial charge < -0.3 is 20.1 Å². The first-order chi connectivity index (χ1) is 27.6. The number of allylic oxidation sites excluding steroid dienone is 2. The van der Waals surface area contributed by atoms with E-state index < -0.39 is 70.4 Å². The lowest BCUT2D eigenvalue weighted by molar-refractivity contribution is -0.131. The molecular weight excluding hydrogens is 899 g/mol. The van der Waals surface area contributed by atoms with E-state index in [9.17, 15) is 34.5 Å². The molecule has 4 heterocycles. The number of carboxylic acids is 1. The summed E-state index contributed by atoms with van der Waals surface area (Å²) in [6.45, 7) is 3.75. The minimum atomic E-state index is -1.38. The molecule has 16 heteroatoms. The Kier molecular flexibility index (Phi) is 8.83. The molecule has 296 valence electrons. The molecule has 4 aliphatic rings. The molecule has 3 N–H and O–H groups in total. The smallest absolute Gasteiger partial charge is 0.339 e. The molecule has 58 heavy (non-hydrogen) atoms. The number of anilines is 2. The number of hydrogen-bond acceptors (Lipinski definition) is 10. The number of benzene rings is 3. The number of nitrogens with zero attached hydrogens (tertiary/aromatic N) is 4. The van der Waals surface area contributed by atoms with Crippen LogP contribution in [0.25, 0.3) is 20.7 Å². The van der Waals surface area contributed by atoms with E-state index in [-0.39, 0.29) is 41.4 Å². The number of phenols is 2. The first kappa shape index (κ1) is 38.3. The highest BCUT2D eigenvalue weighted by atomic mass is 127. The van der Waals surface area contributed by atoms with Crippen molar-refractivity contribution in [3.63, 3.8) is 0 Å². The topological polar surface area (TPSA) is 180 Å². The number of imide groups is 2. The van der Waals surface area contributed by atoms with Crippen LogP contribution in [-0.4, -0.2) is 61.8 Å². The van der Waals surface area contributed by atoms with Crippen molar-refractivity contribution in [2.75, 3.05) is 16.9 Å². The van der Waals surface area contributed by atoms with Crippen molar-refractivity contribution < 1.29 is 44.0 Å². The Morgan fingerprint density at radius 3 is 2.47 bits per heavy atom. The lowest BCUT2D eigenvalue weighted by Gasteiger charge is -2.49. The second-order valence-corrected chi connectivity index (χ2v) is 18.1. The molecule has 2 saturated heterocycles. The van der Waals surface area contributed by atoms with Gasteiger partial charge >= 0.3 is 5.97 Å². The third-order valence-electron chi connectivity index (χ3n) is 12.6. The van der Waals surface area contributed by atoms with Gasteiger partial charge in [0.2, 0.25) is 23.6 Å². The molecule has 3 aromatic carbocycles. The van der Waals surface area contributed by atoms with Crippen molar-refractivity contribution >= 4 is 96.7 Å². The van der Waals surface area contributed by atoms with Gasteiger partial charge in [-0.25, -0.2) is 14.6 Å². The van der Waals surface area contributed by atoms with Crippen molar-refractivity contribution in [1.29, 1.82) is 0 Å². The molecule has 2 aromatic heterocycles. The molecule has 5 aromatic rings. The number of fused-ring (bicyclic) bond motifs is 5. The SMILES string of the molecule is COc1cc(C2C3=CCC4C(=O)N(c5ccc(C(=O)O)c(O)c5)C(=O)C4C3CC3C(=O)N(c4cc(-c5sc6ccc(Cl)cc6c5C)nn4C)C(=O)C32C)cc(I)c1O. The van der Waals surface area contributed by atoms with Gasteiger partial charge in [0.15, 0.2) is 11.5 Å². The predicted octanol–water partition coefficient (Wildman–Crippen LogP) is 7.42. The highest BCUT2D eigenvalue weighted by molar-refractivity contribution is 14.1. The number of halogens is 2. The maximum atomic E-state index is 15.2. The van der Waals surface area contributed by atoms with Gasteiger partial charge in [0.1, 0.15) is 22.8 Å². The maximum Gasteiger partial charge on any atom is 0.339 e. The molecule has 9 rings (SSSR count). The number of aromatic nitrogens is 2. The van der Waals surface area contributed by atoms with E-state index in [2.05, 4.69) is 0 Å². The van der Waals surface area contributed by atoms with Gasteiger partial charge in [-0.3, -0.25) is 23.9 Å². The van der Waals surface area contributed by atoms with Gasteiger partial charge in [-0.15, -0.1) is 11.3 Å². The Morgan fingerprint density at radius 2 is 1.76 bits per heavy atom. The van der Waals surface area contributed by atoms with E-state index >= 15 is 4.79 Å². The molecule has 2 aliphatic heterocycles. The van der Waals surface area contributed by atoms with Crippen LogP contribution in [0, 0.1) is 39.6 Å². The number of carboxylic acid groups (broad SMARTS) is 1. The number of ether oxygens (including phenoxy) is 1. The number of hydrogen-bond donors (Lipinski definition) is 3. The molecule has 4 amide bonds. The number of amides is 4. The molecule has 6 unspecified atom stereocenters. The molecule has 1 saturated carbocycles. The predicted molar refractivity (Wildman–Crippen MR) is 223 cm³/mol. The minimum Gasteiger partial charge on any atom is -0.507 e. The highest BCUT2D eigenvalue weighted by Gasteiger charge is 2.68. The number of phenolic OH excluding ortho intramolecular Hbond substituents is 1. The van der Waals surface area contributed by atoms with Crippen LogP contribution in [0.4, 0.5) is 11.5 Å². The number of carbonyl (C=O) groups is 5. The summed E-state index contributed by atoms with van der Waals surface area (Å²) >= 11 is 9.84. The summed E-state index contributed by atoms with van der Waals surface area (Å²) in [5.41, 5.74) is 1.14. The zero-order valence-electron chi connectivity index (χ0n) is 31.3. The summed E-state index contributed by atoms with van der Waals surface area (Å²) < 4.78 is 8.54. The van der Waals surface area contributed by atoms with Gasteiger partial charge in [-0.1, -0.05) is 23.3 Å². The van der Waals surface area contributed by atoms with E-state index in [1.54, 1.807) is 32.2 Å². The molecule has 6 atom stereocenters. The van der Waals surface area contributed by atoms with Gasteiger partial charge in [-0.05, 0) is 114 Å². The normalized spacial score (nSPS) is 25.3. The van der Waals surface area contributed by atoms with Gasteiger partial charge in [0.25, 0.3) is 0 Å². The average molecular weight is 933 g/mol. The van der Waals surface area contributed by atoms with Crippen LogP contribution in [0.1, 0.15) is 47.2 Å². The number of rotatable bonds is 6. The monoisotopic (exact) mass is 932 g/mol. The summed E-state index contributed by atoms with van der Waals surface area (Å²) in [6.07, 6.45) is 2.16. The number of thiophene rings is 1. The van der Waals surface area contributed by atoms with Crippen LogP contribution in [0.3, 0.4) is 0 Å². The van der Waals surface area contributed by atoms with E-state index in [4.69, 9.17) is 21.4 Å². The van der Waals surface area contributed by atoms with Crippen molar-refractivity contribution in [2.45, 2.75) is 32.6 Å². The highest BCUT2D eigenvalue weighted by Crippen LogP contribution is 2.64. The summed E-state index contributed by atoms with van der Waals surface area (Å²) in [4.78, 5) is 73.4. The van der Waals surface area contributed by atoms with E-state index in [0.29, 0.717) is 19.9 Å². The first-order valence-corrected chi connectivity index (χ1v) is 20.7. The van der Waals surface area contributed by atoms with E-state index in [0.717, 1.165) is 43.1 Å². The van der Waals surface area contributed by atoms with Crippen LogP contribution in [-0.2, 0) is 26.2 Å². The fraction of sp³-hybridized carbons (Fsp3) is 0.286. The molecule has 2 aliphatic carbocycles. The quantitative estimate of drug-likeness (QED) is 0.0882. The average Bonchev–Trinajstić information content (AvgIpc) is 3.85. The Labute approximate surface area is 353 Å². The first-order valence-electron chi connectivity index (χ1n) is 18.4. The van der Waals surface area contributed by atoms with Gasteiger partial charge in [0.05, 0.1) is 44.4 Å². The molecule has 3 fully saturated rings. The van der Waals surface area contributed by atoms with Crippen LogP contribution in [0.2, 0.25) is 5.02 Å². The Hall–Kier alpha value is -5.26. The van der Waals surface area contributed by atoms with Crippen LogP contribution in [0.15, 0.2) is 66.2 Å². The molecule has 0 bridgehead atoms. The zero-order chi connectivity index (χ0) is 41.3. The van der Waals surface area contributed by atoms with Crippen molar-refractivity contribution in [2.24, 2.45) is 36.1 Å². The number of aromatic carboxylic acids is 1. The van der Waals surface area contributed by atoms with Crippen LogP contribution >= 0.6 is 45.5 Å². The Morgan fingerprint density at radius 1 is 1.00 bits per heavy atom. The molecular formula is C42H34ClIN4O9S. The minimum absolute atomic E-state index is 0.0331. The van der Waals surface area contributed by atoms with Gasteiger partial charge in [0, 0.05) is 34.8 Å². The third-order valence-corrected chi connectivity index (χ3v) is 14.9. The lowest BCUT2D eigenvalue weighted by Crippen LogP contribution is -2.49. The standard InChI is InChI=1S/C42H34ClIN4O9S/c1-17-24-13-19(43)5-10-31(24)58-36(17)28-16-32(46(3)45-28)48-38(52)26-15-25-21(34(42(26,2)41(48)56)18-11-27(44)35(50)30(12-18)57-4)8-9-23-33(25)39(53)47(37(23)51)20-6-7-22(40(54)55)29(49)14-20/h5-8,10-14,16,23,25-26,33-34,49-50H,9,15H2,1-4H3,(H,54,55). The number of carbonyl (C=O) groups excluding carboxylic acids is 4. The summed E-state index contributed by atoms with van der Waals surface area (Å²) in [7, 11) is 3.10. The fourth-order valence-corrected chi connectivity index (χ4v) is 11.8. The molecule has 0 spiro atoms. The zero-order valence-corrected chi connectivity index (χ0v) is 35.0. The summed E-state index contributed by atoms with van der Waals surface area (Å²) in [6, 6.07) is 14.3. The van der Waals surface area contributed by atoms with E-state index in [1.165, 1.54) is 34.1 Å². The van der Waals surface area contributed by atoms with Crippen LogP contribution in [0.5, 0.6) is 17.2 Å². The third kappa shape index (κ3) is 5.31. The number of methoxy groups -OCH3 is 1. The summed E-state index contributed by atoms with van der Waals surface area (Å²) in [5.74, 6) is -7.63. The molecule has 0 radical (unpaired) electrons. The maximum absolute atomic E-state index is 15.2. The van der Waals surface area contributed by atoms with Crippen molar-refractivity contribution in [3.8, 4) is 27.8 Å². The van der Waals surface area contributed by atoms with Crippen molar-refractivity contribution in [1.82, 2.24) is 9.78 Å². The van der Waals surface area contributed by atoms with E-state index in [1.807, 2.05) is 53.8 Å². The van der Waals surface area contributed by atoms with Gasteiger partial charge in [-0.2, -0.15) is 5.10 Å². The Balaban J connectivity index is 1.16. The summed E-state index contributed by atoms with van der Waals surface area (Å²) in [5, 5.41) is 37.2. The Bertz CT molecular complexity index is 2740. The molecule has 13 nitrogen and oxygen atoms in total. The van der Waals surface area contributed by atoms with Crippen molar-refractivity contribution in [3.05, 3.63) is 91.5 Å². The largest absolute Gasteiger partial charge is 0.507 e.